The predicted molar refractivity (Wildman–Crippen MR) is 80.4 cm³/mol. The number of aliphatic hydroxyl groups excluding tert-OH is 1. The molecule has 1 aromatic heterocycles. The third-order valence-electron chi connectivity index (χ3n) is 3.14. The molecule has 1 heterocycles. The Morgan fingerprint density at radius 3 is 2.55 bits per heavy atom. The number of benzene rings is 1. The van der Waals surface area contributed by atoms with Crippen LogP contribution in [0.15, 0.2) is 36.7 Å². The first-order valence-corrected chi connectivity index (χ1v) is 6.67. The minimum Gasteiger partial charge on any atom is -0.387 e. The lowest BCUT2D eigenvalue weighted by Crippen LogP contribution is -2.15. The third kappa shape index (κ3) is 3.24. The van der Waals surface area contributed by atoms with Crippen LogP contribution in [0.3, 0.4) is 0 Å². The maximum atomic E-state index is 10.1. The number of hydrogen-bond donors (Lipinski definition) is 3. The molecule has 0 fully saturated rings. The summed E-state index contributed by atoms with van der Waals surface area (Å²) in [5.74, 6) is 1.38. The number of nitrogen functional groups attached to an aromatic ring is 1. The summed E-state index contributed by atoms with van der Waals surface area (Å²) in [6, 6.07) is 9.52. The molecule has 0 amide bonds. The number of nitrogens with zero attached hydrogens (tertiary/aromatic N) is 2. The van der Waals surface area contributed by atoms with Gasteiger partial charge in [0.15, 0.2) is 0 Å². The Balaban J connectivity index is 2.10. The van der Waals surface area contributed by atoms with E-state index in [-0.39, 0.29) is 5.92 Å². The molecule has 1 atom stereocenters. The summed E-state index contributed by atoms with van der Waals surface area (Å²) in [6.45, 7) is 4.45. The van der Waals surface area contributed by atoms with Gasteiger partial charge in [-0.15, -0.1) is 0 Å². The number of anilines is 2. The van der Waals surface area contributed by atoms with E-state index in [0.29, 0.717) is 18.2 Å². The van der Waals surface area contributed by atoms with Crippen LogP contribution in [0.5, 0.6) is 0 Å². The molecule has 0 saturated heterocycles. The molecule has 0 spiro atoms. The molecule has 1 unspecified atom stereocenters. The molecule has 0 aliphatic heterocycles. The minimum absolute atomic E-state index is 0.215. The summed E-state index contributed by atoms with van der Waals surface area (Å²) in [6.07, 6.45) is 0.839. The van der Waals surface area contributed by atoms with Crippen LogP contribution < -0.4 is 11.1 Å². The molecule has 20 heavy (non-hydrogen) atoms. The molecule has 0 aliphatic carbocycles. The molecule has 106 valence electrons. The zero-order valence-electron chi connectivity index (χ0n) is 11.7. The Hall–Kier alpha value is -2.14. The zero-order valence-corrected chi connectivity index (χ0v) is 11.7. The van der Waals surface area contributed by atoms with Crippen molar-refractivity contribution in [1.82, 2.24) is 9.97 Å². The van der Waals surface area contributed by atoms with E-state index >= 15 is 0 Å². The van der Waals surface area contributed by atoms with Crippen molar-refractivity contribution in [3.8, 4) is 0 Å². The van der Waals surface area contributed by atoms with Crippen molar-refractivity contribution in [2.45, 2.75) is 25.9 Å². The maximum absolute atomic E-state index is 10.1. The van der Waals surface area contributed by atoms with Crippen LogP contribution in [0.1, 0.15) is 37.0 Å². The van der Waals surface area contributed by atoms with Gasteiger partial charge in [-0.25, -0.2) is 9.97 Å². The highest BCUT2D eigenvalue weighted by molar-refractivity contribution is 5.56. The maximum Gasteiger partial charge on any atom is 0.135 e. The molecule has 5 nitrogen and oxygen atoms in total. The van der Waals surface area contributed by atoms with Crippen molar-refractivity contribution in [1.29, 1.82) is 0 Å². The average molecular weight is 272 g/mol. The van der Waals surface area contributed by atoms with E-state index < -0.39 is 6.10 Å². The minimum atomic E-state index is -0.590. The van der Waals surface area contributed by atoms with Gasteiger partial charge in [-0.3, -0.25) is 0 Å². The van der Waals surface area contributed by atoms with Crippen LogP contribution >= 0.6 is 0 Å². The predicted octanol–water partition coefficient (Wildman–Crippen LogP) is 2.33. The molecular weight excluding hydrogens is 252 g/mol. The SMILES string of the molecule is CC(C)c1c(N)ncnc1NCC(O)c1ccccc1. The van der Waals surface area contributed by atoms with Crippen molar-refractivity contribution in [2.24, 2.45) is 0 Å². The summed E-state index contributed by atoms with van der Waals surface area (Å²) < 4.78 is 0. The molecule has 4 N–H and O–H groups in total. The van der Waals surface area contributed by atoms with Gasteiger partial charge in [0.05, 0.1) is 6.10 Å². The van der Waals surface area contributed by atoms with Gasteiger partial charge in [0.1, 0.15) is 18.0 Å². The fourth-order valence-corrected chi connectivity index (χ4v) is 2.11. The normalized spacial score (nSPS) is 12.4. The van der Waals surface area contributed by atoms with Crippen LogP contribution in [0, 0.1) is 0 Å². The van der Waals surface area contributed by atoms with Crippen LogP contribution in [0.25, 0.3) is 0 Å². The van der Waals surface area contributed by atoms with E-state index in [1.807, 2.05) is 44.2 Å². The second-order valence-corrected chi connectivity index (χ2v) is 4.98. The van der Waals surface area contributed by atoms with E-state index in [0.717, 1.165) is 11.1 Å². The van der Waals surface area contributed by atoms with Crippen LogP contribution in [0.2, 0.25) is 0 Å². The average Bonchev–Trinajstić information content (AvgIpc) is 2.45. The summed E-state index contributed by atoms with van der Waals surface area (Å²) in [5.41, 5.74) is 7.64. The van der Waals surface area contributed by atoms with E-state index in [9.17, 15) is 5.11 Å². The third-order valence-corrected chi connectivity index (χ3v) is 3.14. The van der Waals surface area contributed by atoms with E-state index in [1.54, 1.807) is 0 Å². The number of nitrogens with two attached hydrogens (primary N) is 1. The Kier molecular flexibility index (Phi) is 4.53. The summed E-state index contributed by atoms with van der Waals surface area (Å²) in [5, 5.41) is 13.3. The lowest BCUT2D eigenvalue weighted by molar-refractivity contribution is 0.191. The van der Waals surface area contributed by atoms with Crippen LogP contribution in [-0.2, 0) is 0 Å². The Morgan fingerprint density at radius 1 is 1.20 bits per heavy atom. The Morgan fingerprint density at radius 2 is 1.90 bits per heavy atom. The van der Waals surface area contributed by atoms with Gasteiger partial charge in [0.25, 0.3) is 0 Å². The zero-order chi connectivity index (χ0) is 14.5. The van der Waals surface area contributed by atoms with Crippen LogP contribution in [0.4, 0.5) is 11.6 Å². The number of aliphatic hydroxyl groups is 1. The molecular formula is C15H20N4O. The lowest BCUT2D eigenvalue weighted by atomic mass is 10.0. The fraction of sp³-hybridized carbons (Fsp3) is 0.333. The largest absolute Gasteiger partial charge is 0.387 e. The molecule has 0 saturated carbocycles. The number of aromatic nitrogens is 2. The van der Waals surface area contributed by atoms with Crippen molar-refractivity contribution < 1.29 is 5.11 Å². The molecule has 0 bridgehead atoms. The quantitative estimate of drug-likeness (QED) is 0.778. The number of hydrogen-bond acceptors (Lipinski definition) is 5. The topological polar surface area (TPSA) is 84.1 Å². The van der Waals surface area contributed by atoms with Crippen molar-refractivity contribution in [3.05, 3.63) is 47.8 Å². The second-order valence-electron chi connectivity index (χ2n) is 4.98. The van der Waals surface area contributed by atoms with Gasteiger partial charge >= 0.3 is 0 Å². The first-order chi connectivity index (χ1) is 9.59. The van der Waals surface area contributed by atoms with Crippen molar-refractivity contribution >= 4 is 11.6 Å². The Bertz CT molecular complexity index is 557. The van der Waals surface area contributed by atoms with E-state index in [4.69, 9.17) is 5.73 Å². The van der Waals surface area contributed by atoms with Gasteiger partial charge in [-0.05, 0) is 11.5 Å². The highest BCUT2D eigenvalue weighted by Gasteiger charge is 2.14. The van der Waals surface area contributed by atoms with Gasteiger partial charge in [-0.1, -0.05) is 44.2 Å². The number of rotatable bonds is 5. The molecule has 2 rings (SSSR count). The Labute approximate surface area is 118 Å². The molecule has 2 aromatic rings. The number of nitrogens with one attached hydrogen (secondary N) is 1. The highest BCUT2D eigenvalue weighted by Crippen LogP contribution is 2.26. The standard InChI is InChI=1S/C15H20N4O/c1-10(2)13-14(16)18-9-19-15(13)17-8-12(20)11-6-4-3-5-7-11/h3-7,9-10,12,20H,8H2,1-2H3,(H3,16,17,18,19). The summed E-state index contributed by atoms with van der Waals surface area (Å²) in [7, 11) is 0. The molecule has 0 radical (unpaired) electrons. The van der Waals surface area contributed by atoms with E-state index in [2.05, 4.69) is 15.3 Å². The molecule has 1 aromatic carbocycles. The smallest absolute Gasteiger partial charge is 0.135 e. The highest BCUT2D eigenvalue weighted by atomic mass is 16.3. The molecule has 0 aliphatic rings. The van der Waals surface area contributed by atoms with E-state index in [1.165, 1.54) is 6.33 Å². The monoisotopic (exact) mass is 272 g/mol. The van der Waals surface area contributed by atoms with Crippen molar-refractivity contribution in [2.75, 3.05) is 17.6 Å². The molecule has 5 heteroatoms. The van der Waals surface area contributed by atoms with Gasteiger partial charge in [-0.2, -0.15) is 0 Å². The van der Waals surface area contributed by atoms with Gasteiger partial charge in [0.2, 0.25) is 0 Å². The van der Waals surface area contributed by atoms with Crippen molar-refractivity contribution in [3.63, 3.8) is 0 Å². The van der Waals surface area contributed by atoms with Gasteiger partial charge < -0.3 is 16.2 Å². The second kappa shape index (κ2) is 6.34. The van der Waals surface area contributed by atoms with Gasteiger partial charge in [0, 0.05) is 12.1 Å². The lowest BCUT2D eigenvalue weighted by Gasteiger charge is -2.17. The first-order valence-electron chi connectivity index (χ1n) is 6.67. The van der Waals surface area contributed by atoms with Crippen LogP contribution in [-0.4, -0.2) is 21.6 Å². The summed E-state index contributed by atoms with van der Waals surface area (Å²) in [4.78, 5) is 8.22. The fourth-order valence-electron chi connectivity index (χ4n) is 2.11. The first kappa shape index (κ1) is 14.3. The summed E-state index contributed by atoms with van der Waals surface area (Å²) >= 11 is 0.